The van der Waals surface area contributed by atoms with E-state index in [0.29, 0.717) is 17.3 Å². The van der Waals surface area contributed by atoms with E-state index < -0.39 is 5.69 Å². The average Bonchev–Trinajstić information content (AvgIpc) is 3.21. The second-order valence-corrected chi connectivity index (χ2v) is 9.87. The number of amides is 1. The summed E-state index contributed by atoms with van der Waals surface area (Å²) in [5, 5.41) is 3.81. The number of nitrogens with zero attached hydrogens (tertiary/aromatic N) is 4. The van der Waals surface area contributed by atoms with Gasteiger partial charge in [-0.25, -0.2) is 19.0 Å². The molecule has 0 fully saturated rings. The number of aromatic nitrogens is 4. The van der Waals surface area contributed by atoms with Crippen molar-refractivity contribution >= 4 is 54.7 Å². The van der Waals surface area contributed by atoms with Crippen LogP contribution in [0.3, 0.4) is 0 Å². The summed E-state index contributed by atoms with van der Waals surface area (Å²) in [5.74, 6) is 0.357. The molecule has 1 atom stereocenters. The third-order valence-electron chi connectivity index (χ3n) is 5.59. The van der Waals surface area contributed by atoms with Gasteiger partial charge < -0.3 is 5.32 Å². The standard InChI is InChI=1S/C21H20BrN5O2S/c1-11-4-6-15(14(22)7-11)24-17(28)9-26-21(29)25-19-18-13-5-3-12(2)8-16(13)30-20(18)23-10-27(19)26/h4,6-7,10,12H,3,5,8-9H2,1-2H3,(H,24,28)/t12-/m0/s1. The zero-order valence-electron chi connectivity index (χ0n) is 16.6. The van der Waals surface area contributed by atoms with Crippen LogP contribution in [0.2, 0.25) is 0 Å². The maximum atomic E-state index is 12.6. The predicted octanol–water partition coefficient (Wildman–Crippen LogP) is 3.94. The first-order chi connectivity index (χ1) is 14.4. The predicted molar refractivity (Wildman–Crippen MR) is 121 cm³/mol. The maximum absolute atomic E-state index is 12.6. The zero-order valence-corrected chi connectivity index (χ0v) is 19.0. The first-order valence-corrected chi connectivity index (χ1v) is 11.5. The molecule has 3 heterocycles. The topological polar surface area (TPSA) is 81.3 Å². The third-order valence-corrected chi connectivity index (χ3v) is 7.41. The molecular weight excluding hydrogens is 466 g/mol. The first kappa shape index (κ1) is 19.4. The van der Waals surface area contributed by atoms with Crippen LogP contribution in [0.25, 0.3) is 15.9 Å². The van der Waals surface area contributed by atoms with Crippen molar-refractivity contribution in [3.63, 3.8) is 0 Å². The van der Waals surface area contributed by atoms with Crippen LogP contribution in [0.1, 0.15) is 29.3 Å². The van der Waals surface area contributed by atoms with Crippen molar-refractivity contribution in [1.82, 2.24) is 19.2 Å². The van der Waals surface area contributed by atoms with Gasteiger partial charge in [-0.3, -0.25) is 4.79 Å². The summed E-state index contributed by atoms with van der Waals surface area (Å²) in [6, 6.07) is 5.68. The molecule has 154 valence electrons. The molecule has 9 heteroatoms. The van der Waals surface area contributed by atoms with Gasteiger partial charge in [0.15, 0.2) is 5.65 Å². The van der Waals surface area contributed by atoms with Crippen LogP contribution >= 0.6 is 27.3 Å². The summed E-state index contributed by atoms with van der Waals surface area (Å²) in [7, 11) is 0. The Morgan fingerprint density at radius 3 is 3.03 bits per heavy atom. The molecule has 1 aliphatic carbocycles. The van der Waals surface area contributed by atoms with Gasteiger partial charge in [0.25, 0.3) is 0 Å². The Bertz CT molecular complexity index is 1370. The number of aryl methyl sites for hydroxylation is 2. The molecule has 30 heavy (non-hydrogen) atoms. The number of carbonyl (C=O) groups is 1. The van der Waals surface area contributed by atoms with Crippen LogP contribution in [0.15, 0.2) is 33.8 Å². The molecule has 1 aliphatic rings. The lowest BCUT2D eigenvalue weighted by Crippen LogP contribution is -2.28. The average molecular weight is 486 g/mol. The van der Waals surface area contributed by atoms with Gasteiger partial charge in [-0.15, -0.1) is 11.3 Å². The minimum Gasteiger partial charge on any atom is -0.323 e. The lowest BCUT2D eigenvalue weighted by atomic mass is 9.89. The van der Waals surface area contributed by atoms with E-state index in [-0.39, 0.29) is 12.5 Å². The molecule has 0 saturated carbocycles. The van der Waals surface area contributed by atoms with E-state index in [2.05, 4.69) is 38.1 Å². The minimum atomic E-state index is -0.452. The molecule has 0 unspecified atom stereocenters. The number of rotatable bonds is 3. The molecule has 0 bridgehead atoms. The Hall–Kier alpha value is -2.52. The summed E-state index contributed by atoms with van der Waals surface area (Å²) < 4.78 is 3.73. The van der Waals surface area contributed by atoms with Crippen LogP contribution < -0.4 is 11.0 Å². The lowest BCUT2D eigenvalue weighted by molar-refractivity contribution is -0.117. The number of nitrogens with one attached hydrogen (secondary N) is 1. The Kier molecular flexibility index (Phi) is 4.74. The number of hydrogen-bond acceptors (Lipinski definition) is 5. The number of halogens is 1. The van der Waals surface area contributed by atoms with Gasteiger partial charge in [0, 0.05) is 9.35 Å². The van der Waals surface area contributed by atoms with Crippen molar-refractivity contribution < 1.29 is 4.79 Å². The highest BCUT2D eigenvalue weighted by Crippen LogP contribution is 2.38. The fraction of sp³-hybridized carbons (Fsp3) is 0.333. The van der Waals surface area contributed by atoms with Crippen LogP contribution in [-0.2, 0) is 24.2 Å². The van der Waals surface area contributed by atoms with Gasteiger partial charge in [0.1, 0.15) is 17.7 Å². The molecule has 7 nitrogen and oxygen atoms in total. The monoisotopic (exact) mass is 485 g/mol. The molecule has 4 aromatic rings. The summed E-state index contributed by atoms with van der Waals surface area (Å²) in [4.78, 5) is 36.4. The van der Waals surface area contributed by atoms with E-state index in [1.807, 2.05) is 25.1 Å². The Labute approximate surface area is 184 Å². The molecule has 1 aromatic carbocycles. The van der Waals surface area contributed by atoms with Gasteiger partial charge in [-0.1, -0.05) is 13.0 Å². The zero-order chi connectivity index (χ0) is 21.0. The number of anilines is 1. The maximum Gasteiger partial charge on any atom is 0.365 e. The van der Waals surface area contributed by atoms with Crippen LogP contribution in [-0.4, -0.2) is 25.1 Å². The highest BCUT2D eigenvalue weighted by Gasteiger charge is 2.24. The van der Waals surface area contributed by atoms with Crippen molar-refractivity contribution in [2.45, 2.75) is 39.7 Å². The number of carbonyl (C=O) groups excluding carboxylic acids is 1. The number of hydrogen-bond donors (Lipinski definition) is 1. The van der Waals surface area contributed by atoms with E-state index in [4.69, 9.17) is 0 Å². The second-order valence-electron chi connectivity index (χ2n) is 7.93. The normalized spacial score (nSPS) is 16.2. The third kappa shape index (κ3) is 3.26. The molecule has 0 spiro atoms. The second kappa shape index (κ2) is 7.31. The minimum absolute atomic E-state index is 0.142. The fourth-order valence-corrected chi connectivity index (χ4v) is 5.99. The van der Waals surface area contributed by atoms with E-state index in [9.17, 15) is 9.59 Å². The molecule has 0 aliphatic heterocycles. The summed E-state index contributed by atoms with van der Waals surface area (Å²) in [6.07, 6.45) is 4.73. The molecule has 1 N–H and O–H groups in total. The van der Waals surface area contributed by atoms with E-state index in [1.54, 1.807) is 22.2 Å². The largest absolute Gasteiger partial charge is 0.365 e. The number of thiophene rings is 1. The summed E-state index contributed by atoms with van der Waals surface area (Å²) in [6.45, 7) is 4.10. The van der Waals surface area contributed by atoms with Gasteiger partial charge in [0.05, 0.1) is 11.1 Å². The van der Waals surface area contributed by atoms with E-state index in [1.165, 1.54) is 15.1 Å². The Balaban J connectivity index is 1.52. The Morgan fingerprint density at radius 2 is 2.23 bits per heavy atom. The molecule has 0 saturated heterocycles. The van der Waals surface area contributed by atoms with Crippen molar-refractivity contribution in [1.29, 1.82) is 0 Å². The van der Waals surface area contributed by atoms with Crippen molar-refractivity contribution in [3.8, 4) is 0 Å². The number of benzene rings is 1. The summed E-state index contributed by atoms with van der Waals surface area (Å²) >= 11 is 5.15. The van der Waals surface area contributed by atoms with Gasteiger partial charge >= 0.3 is 5.69 Å². The van der Waals surface area contributed by atoms with Gasteiger partial charge in [-0.2, -0.15) is 4.98 Å². The SMILES string of the molecule is Cc1ccc(NC(=O)Cn2c(=O)nc3c4c5c(sc4ncn32)C[C@@H](C)CC5)c(Br)c1. The van der Waals surface area contributed by atoms with Gasteiger partial charge in [0.2, 0.25) is 5.91 Å². The van der Waals surface area contributed by atoms with Crippen LogP contribution in [0, 0.1) is 12.8 Å². The smallest absolute Gasteiger partial charge is 0.323 e. The number of fused-ring (bicyclic) bond motifs is 5. The highest BCUT2D eigenvalue weighted by molar-refractivity contribution is 9.10. The first-order valence-electron chi connectivity index (χ1n) is 9.85. The molecular formula is C21H20BrN5O2S. The van der Waals surface area contributed by atoms with Crippen molar-refractivity contribution in [2.24, 2.45) is 5.92 Å². The Morgan fingerprint density at radius 1 is 1.40 bits per heavy atom. The highest BCUT2D eigenvalue weighted by atomic mass is 79.9. The van der Waals surface area contributed by atoms with Gasteiger partial charge in [-0.05, 0) is 71.3 Å². The summed E-state index contributed by atoms with van der Waals surface area (Å²) in [5.41, 5.74) is 3.14. The lowest BCUT2D eigenvalue weighted by Gasteiger charge is -2.17. The quantitative estimate of drug-likeness (QED) is 0.476. The molecule has 0 radical (unpaired) electrons. The van der Waals surface area contributed by atoms with Crippen molar-refractivity contribution in [2.75, 3.05) is 5.32 Å². The molecule has 3 aromatic heterocycles. The van der Waals surface area contributed by atoms with Crippen LogP contribution in [0.5, 0.6) is 0 Å². The van der Waals surface area contributed by atoms with E-state index in [0.717, 1.165) is 39.5 Å². The van der Waals surface area contributed by atoms with Crippen LogP contribution in [0.4, 0.5) is 5.69 Å². The molecule has 5 rings (SSSR count). The van der Waals surface area contributed by atoms with E-state index >= 15 is 0 Å². The fourth-order valence-electron chi connectivity index (χ4n) is 4.05. The van der Waals surface area contributed by atoms with Crippen molar-refractivity contribution in [3.05, 3.63) is 55.5 Å². The molecule has 1 amide bonds.